The zero-order chi connectivity index (χ0) is 21.2. The van der Waals surface area contributed by atoms with Crippen LogP contribution in [0.4, 0.5) is 5.69 Å². The maximum atomic E-state index is 11.7. The first kappa shape index (κ1) is 23.0. The second-order valence-electron chi connectivity index (χ2n) is 6.59. The molecule has 0 amide bonds. The highest BCUT2D eigenvalue weighted by atomic mass is 32.2. The number of para-hydroxylation sites is 1. The summed E-state index contributed by atoms with van der Waals surface area (Å²) < 4.78 is 8.08. The average molecular weight is 421 g/mol. The summed E-state index contributed by atoms with van der Waals surface area (Å²) in [6.07, 6.45) is 1.04. The second-order valence-corrected chi connectivity index (χ2v) is 7.94. The first-order valence-corrected chi connectivity index (χ1v) is 10.2. The number of hydrogen-bond acceptors (Lipinski definition) is 7. The molecule has 2 rings (SSSR count). The average Bonchev–Trinajstić information content (AvgIpc) is 2.69. The van der Waals surface area contributed by atoms with Gasteiger partial charge in [-0.25, -0.2) is 4.79 Å². The number of anilines is 1. The summed E-state index contributed by atoms with van der Waals surface area (Å²) in [5.74, 6) is 0.167. The molecule has 0 fully saturated rings. The summed E-state index contributed by atoms with van der Waals surface area (Å²) in [6.45, 7) is 1.05. The van der Waals surface area contributed by atoms with Crippen molar-refractivity contribution in [2.75, 3.05) is 45.3 Å². The monoisotopic (exact) mass is 420 g/mol. The van der Waals surface area contributed by atoms with Crippen LogP contribution in [0, 0.1) is 0 Å². The Hall–Kier alpha value is -2.26. The molecule has 0 heterocycles. The van der Waals surface area contributed by atoms with Crippen LogP contribution in [0.2, 0.25) is 0 Å². The minimum Gasteiger partial charge on any atom is -0.478 e. The predicted molar refractivity (Wildman–Crippen MR) is 115 cm³/mol. The maximum Gasteiger partial charge on any atom is 0.335 e. The minimum absolute atomic E-state index is 0.0163. The number of aliphatic hydroxyl groups excluding tert-OH is 2. The molecule has 0 radical (unpaired) electrons. The lowest BCUT2D eigenvalue weighted by Crippen LogP contribution is -2.28. The van der Waals surface area contributed by atoms with E-state index in [-0.39, 0.29) is 18.8 Å². The molecule has 8 heteroatoms. The first-order valence-electron chi connectivity index (χ1n) is 9.42. The predicted octanol–water partition coefficient (Wildman–Crippen LogP) is 3.32. The third kappa shape index (κ3) is 6.93. The highest BCUT2D eigenvalue weighted by Gasteiger charge is 2.22. The molecule has 29 heavy (non-hydrogen) atoms. The van der Waals surface area contributed by atoms with E-state index >= 15 is 0 Å². The molecule has 0 bridgehead atoms. The lowest BCUT2D eigenvalue weighted by atomic mass is 10.1. The van der Waals surface area contributed by atoms with Gasteiger partial charge in [-0.05, 0) is 63.2 Å². The molecule has 0 aliphatic rings. The molecule has 2 aromatic carbocycles. The number of benzene rings is 2. The third-order valence-corrected chi connectivity index (χ3v) is 4.90. The molecule has 0 saturated heterocycles. The molecule has 2 aromatic rings. The molecule has 0 unspecified atom stereocenters. The van der Waals surface area contributed by atoms with Crippen LogP contribution in [0.15, 0.2) is 47.4 Å². The number of aliphatic hydroxyl groups is 2. The van der Waals surface area contributed by atoms with Gasteiger partial charge in [0.1, 0.15) is 5.75 Å². The number of carboxylic acid groups (broad SMARTS) is 1. The third-order valence-electron chi connectivity index (χ3n) is 4.04. The van der Waals surface area contributed by atoms with Crippen molar-refractivity contribution in [3.05, 3.63) is 48.0 Å². The fourth-order valence-electron chi connectivity index (χ4n) is 2.80. The number of nitrogens with zero attached hydrogens (tertiary/aromatic N) is 2. The summed E-state index contributed by atoms with van der Waals surface area (Å²) in [7, 11) is 3.75. The Morgan fingerprint density at radius 2 is 1.66 bits per heavy atom. The molecule has 3 N–H and O–H groups in total. The van der Waals surface area contributed by atoms with Crippen molar-refractivity contribution in [3.8, 4) is 11.5 Å². The van der Waals surface area contributed by atoms with Crippen LogP contribution in [-0.4, -0.2) is 66.0 Å². The zero-order valence-corrected chi connectivity index (χ0v) is 17.6. The number of aromatic carboxylic acids is 1. The molecule has 7 nitrogen and oxygen atoms in total. The lowest BCUT2D eigenvalue weighted by Gasteiger charge is -2.28. The van der Waals surface area contributed by atoms with Gasteiger partial charge < -0.3 is 25.0 Å². The van der Waals surface area contributed by atoms with Crippen molar-refractivity contribution in [2.45, 2.75) is 17.7 Å². The van der Waals surface area contributed by atoms with Crippen LogP contribution >= 0.6 is 11.9 Å². The van der Waals surface area contributed by atoms with E-state index in [0.717, 1.165) is 0 Å². The largest absolute Gasteiger partial charge is 0.478 e. The SMILES string of the molecule is CN(C)Sc1cc(C(=O)O)cc(N(CCCO)CCCO)c1Oc1ccccc1. The van der Waals surface area contributed by atoms with E-state index < -0.39 is 5.97 Å². The fourth-order valence-corrected chi connectivity index (χ4v) is 3.60. The molecule has 0 spiro atoms. The Kier molecular flexibility index (Phi) is 9.27. The Morgan fingerprint density at radius 3 is 2.17 bits per heavy atom. The Balaban J connectivity index is 2.60. The van der Waals surface area contributed by atoms with Gasteiger partial charge in [0.05, 0.1) is 16.1 Å². The number of hydrogen-bond donors (Lipinski definition) is 3. The molecule has 0 aromatic heterocycles. The quantitative estimate of drug-likeness (QED) is 0.450. The molecule has 0 saturated carbocycles. The topological polar surface area (TPSA) is 93.5 Å². The van der Waals surface area contributed by atoms with E-state index in [9.17, 15) is 20.1 Å². The van der Waals surface area contributed by atoms with Gasteiger partial charge in [0, 0.05) is 26.3 Å². The summed E-state index contributed by atoms with van der Waals surface area (Å²) in [6, 6.07) is 12.5. The van der Waals surface area contributed by atoms with Gasteiger partial charge in [0.15, 0.2) is 5.75 Å². The lowest BCUT2D eigenvalue weighted by molar-refractivity contribution is 0.0696. The molecular weight excluding hydrogens is 392 g/mol. The van der Waals surface area contributed by atoms with Crippen molar-refractivity contribution in [1.29, 1.82) is 0 Å². The smallest absolute Gasteiger partial charge is 0.335 e. The number of rotatable bonds is 12. The van der Waals surface area contributed by atoms with Gasteiger partial charge in [-0.2, -0.15) is 0 Å². The summed E-state index contributed by atoms with van der Waals surface area (Å²) >= 11 is 1.37. The number of carbonyl (C=O) groups is 1. The molecule has 0 aliphatic heterocycles. The highest BCUT2D eigenvalue weighted by molar-refractivity contribution is 7.97. The van der Waals surface area contributed by atoms with Crippen LogP contribution in [-0.2, 0) is 0 Å². The van der Waals surface area contributed by atoms with Crippen LogP contribution in [0.1, 0.15) is 23.2 Å². The van der Waals surface area contributed by atoms with Gasteiger partial charge in [0.2, 0.25) is 0 Å². The van der Waals surface area contributed by atoms with E-state index in [0.29, 0.717) is 48.0 Å². The second kappa shape index (κ2) is 11.7. The minimum atomic E-state index is -1.03. The van der Waals surface area contributed by atoms with Gasteiger partial charge >= 0.3 is 5.97 Å². The Morgan fingerprint density at radius 1 is 1.03 bits per heavy atom. The number of ether oxygens (including phenoxy) is 1. The fraction of sp³-hybridized carbons (Fsp3) is 0.381. The van der Waals surface area contributed by atoms with Crippen molar-refractivity contribution in [3.63, 3.8) is 0 Å². The maximum absolute atomic E-state index is 11.7. The summed E-state index contributed by atoms with van der Waals surface area (Å²) in [4.78, 5) is 14.4. The Bertz CT molecular complexity index is 778. The molecular formula is C21H28N2O5S. The van der Waals surface area contributed by atoms with Crippen LogP contribution < -0.4 is 9.64 Å². The van der Waals surface area contributed by atoms with E-state index in [1.54, 1.807) is 12.1 Å². The van der Waals surface area contributed by atoms with Crippen molar-refractivity contribution < 1.29 is 24.9 Å². The Labute approximate surface area is 175 Å². The van der Waals surface area contributed by atoms with E-state index in [4.69, 9.17) is 4.74 Å². The molecule has 158 valence electrons. The highest BCUT2D eigenvalue weighted by Crippen LogP contribution is 2.42. The van der Waals surface area contributed by atoms with Crippen molar-refractivity contribution >= 4 is 23.6 Å². The summed E-state index contributed by atoms with van der Waals surface area (Å²) in [5.41, 5.74) is 0.780. The van der Waals surface area contributed by atoms with Crippen molar-refractivity contribution in [2.24, 2.45) is 0 Å². The first-order chi connectivity index (χ1) is 14.0. The normalized spacial score (nSPS) is 10.9. The molecule has 0 aliphatic carbocycles. The van der Waals surface area contributed by atoms with E-state index in [1.807, 2.05) is 53.6 Å². The van der Waals surface area contributed by atoms with E-state index in [1.165, 1.54) is 11.9 Å². The van der Waals surface area contributed by atoms with Gasteiger partial charge in [-0.15, -0.1) is 0 Å². The molecule has 0 atom stereocenters. The van der Waals surface area contributed by atoms with Gasteiger partial charge in [0.25, 0.3) is 0 Å². The van der Waals surface area contributed by atoms with Crippen LogP contribution in [0.5, 0.6) is 11.5 Å². The number of carboxylic acids is 1. The van der Waals surface area contributed by atoms with Gasteiger partial charge in [-0.3, -0.25) is 4.31 Å². The van der Waals surface area contributed by atoms with Crippen LogP contribution in [0.25, 0.3) is 0 Å². The van der Waals surface area contributed by atoms with E-state index in [2.05, 4.69) is 0 Å². The standard InChI is InChI=1S/C21H28N2O5S/c1-22(2)29-19-15-16(21(26)27)14-18(23(10-6-12-24)11-7-13-25)20(19)28-17-8-4-3-5-9-17/h3-5,8-9,14-15,24-25H,6-7,10-13H2,1-2H3,(H,26,27). The van der Waals surface area contributed by atoms with Crippen molar-refractivity contribution in [1.82, 2.24) is 4.31 Å². The van der Waals surface area contributed by atoms with Crippen LogP contribution in [0.3, 0.4) is 0 Å². The van der Waals surface area contributed by atoms with Gasteiger partial charge in [-0.1, -0.05) is 18.2 Å². The summed E-state index contributed by atoms with van der Waals surface area (Å²) in [5, 5.41) is 28.2. The zero-order valence-electron chi connectivity index (χ0n) is 16.7.